The summed E-state index contributed by atoms with van der Waals surface area (Å²) in [6, 6.07) is 0. The predicted molar refractivity (Wildman–Crippen MR) is 66.7 cm³/mol. The summed E-state index contributed by atoms with van der Waals surface area (Å²) in [7, 11) is 0. The molecule has 17 heavy (non-hydrogen) atoms. The van der Waals surface area contributed by atoms with Crippen LogP contribution in [0.3, 0.4) is 0 Å². The van der Waals surface area contributed by atoms with Gasteiger partial charge in [0.25, 0.3) is 0 Å². The van der Waals surface area contributed by atoms with E-state index < -0.39 is 0 Å². The highest BCUT2D eigenvalue weighted by Crippen LogP contribution is 1.87. The molecular weight excluding hydrogens is 216 g/mol. The Bertz CT molecular complexity index is 410. The van der Waals surface area contributed by atoms with E-state index in [0.717, 1.165) is 31.2 Å². The number of imidazole rings is 2. The number of nitrogens with one attached hydrogen (secondary N) is 2. The third-order valence-electron chi connectivity index (χ3n) is 2.04. The topological polar surface area (TPSA) is 82.1 Å². The summed E-state index contributed by atoms with van der Waals surface area (Å²) in [6.45, 7) is 1.49. The van der Waals surface area contributed by atoms with E-state index in [-0.39, 0.29) is 0 Å². The molecule has 2 rings (SSSR count). The van der Waals surface area contributed by atoms with Crippen molar-refractivity contribution in [2.45, 2.75) is 6.42 Å². The Labute approximate surface area is 99.0 Å². The first-order valence-electron chi connectivity index (χ1n) is 5.43. The van der Waals surface area contributed by atoms with Crippen LogP contribution in [0.4, 0.5) is 0 Å². The summed E-state index contributed by atoms with van der Waals surface area (Å²) in [5.74, 6) is 1.56. The van der Waals surface area contributed by atoms with Gasteiger partial charge in [0.05, 0.1) is 12.4 Å². The Kier molecular flexibility index (Phi) is 4.21. The zero-order valence-corrected chi connectivity index (χ0v) is 9.37. The maximum Gasteiger partial charge on any atom is 0.147 e. The number of aromatic amines is 2. The largest absolute Gasteiger partial charge is 0.344 e. The summed E-state index contributed by atoms with van der Waals surface area (Å²) in [6.07, 6.45) is 11.3. The minimum Gasteiger partial charge on any atom is -0.344 e. The number of H-pyrrole nitrogens is 2. The quantitative estimate of drug-likeness (QED) is 0.574. The highest BCUT2D eigenvalue weighted by Gasteiger charge is 1.88. The Balaban J connectivity index is 1.61. The van der Waals surface area contributed by atoms with E-state index in [4.69, 9.17) is 0 Å². The van der Waals surface area contributed by atoms with Crippen LogP contribution in [0.2, 0.25) is 0 Å². The summed E-state index contributed by atoms with van der Waals surface area (Å²) in [4.78, 5) is 22.4. The number of hydrogen-bond acceptors (Lipinski definition) is 4. The van der Waals surface area contributed by atoms with Crippen LogP contribution in [0.15, 0.2) is 34.8 Å². The Hall–Kier alpha value is -2.24. The average molecular weight is 230 g/mol. The van der Waals surface area contributed by atoms with Crippen molar-refractivity contribution in [3.8, 4) is 0 Å². The molecule has 6 heteroatoms. The van der Waals surface area contributed by atoms with Crippen LogP contribution in [0.1, 0.15) is 18.1 Å². The highest BCUT2D eigenvalue weighted by atomic mass is 14.9. The van der Waals surface area contributed by atoms with Crippen molar-refractivity contribution >= 4 is 12.4 Å². The van der Waals surface area contributed by atoms with E-state index in [0.29, 0.717) is 0 Å². The van der Waals surface area contributed by atoms with Crippen molar-refractivity contribution in [3.63, 3.8) is 0 Å². The van der Waals surface area contributed by atoms with Gasteiger partial charge < -0.3 is 9.97 Å². The van der Waals surface area contributed by atoms with Crippen molar-refractivity contribution in [2.24, 2.45) is 9.98 Å². The third kappa shape index (κ3) is 4.02. The van der Waals surface area contributed by atoms with E-state index in [1.165, 1.54) is 0 Å². The molecule has 0 aliphatic carbocycles. The van der Waals surface area contributed by atoms with Gasteiger partial charge in [-0.1, -0.05) is 0 Å². The molecule has 0 aromatic carbocycles. The lowest BCUT2D eigenvalue weighted by Crippen LogP contribution is -1.91. The summed E-state index contributed by atoms with van der Waals surface area (Å²) in [5, 5.41) is 0. The molecule has 88 valence electrons. The number of hydrogen-bond donors (Lipinski definition) is 2. The first-order valence-corrected chi connectivity index (χ1v) is 5.43. The van der Waals surface area contributed by atoms with Crippen molar-refractivity contribution in [2.75, 3.05) is 13.1 Å². The van der Waals surface area contributed by atoms with Crippen molar-refractivity contribution in [1.29, 1.82) is 0 Å². The number of aromatic nitrogens is 4. The van der Waals surface area contributed by atoms with Gasteiger partial charge in [-0.3, -0.25) is 9.98 Å². The molecule has 0 unspecified atom stereocenters. The minimum atomic E-state index is 0.746. The van der Waals surface area contributed by atoms with Crippen LogP contribution in [0.25, 0.3) is 0 Å². The zero-order valence-electron chi connectivity index (χ0n) is 9.37. The van der Waals surface area contributed by atoms with Crippen LogP contribution in [0, 0.1) is 0 Å². The molecule has 0 bridgehead atoms. The smallest absolute Gasteiger partial charge is 0.147 e. The molecule has 0 aliphatic rings. The third-order valence-corrected chi connectivity index (χ3v) is 2.04. The van der Waals surface area contributed by atoms with Gasteiger partial charge in [-0.25, -0.2) is 9.97 Å². The maximum absolute atomic E-state index is 4.23. The van der Waals surface area contributed by atoms with Gasteiger partial charge in [0.1, 0.15) is 11.6 Å². The van der Waals surface area contributed by atoms with Gasteiger partial charge in [0, 0.05) is 37.9 Å². The standard InChI is InChI=1S/C11H14N6/c1(2-12-8-10-14-4-5-15-10)3-13-9-11-16-6-7-17-11/h4-9H,1-3H2,(H,14,15)(H,16,17). The fourth-order valence-electron chi connectivity index (χ4n) is 1.25. The van der Waals surface area contributed by atoms with Gasteiger partial charge in [-0.15, -0.1) is 0 Å². The first kappa shape index (κ1) is 11.3. The zero-order chi connectivity index (χ0) is 11.8. The van der Waals surface area contributed by atoms with Crippen LogP contribution >= 0.6 is 0 Å². The van der Waals surface area contributed by atoms with Gasteiger partial charge in [-0.2, -0.15) is 0 Å². The fourth-order valence-corrected chi connectivity index (χ4v) is 1.25. The molecule has 0 fully saturated rings. The van der Waals surface area contributed by atoms with Crippen LogP contribution in [-0.2, 0) is 0 Å². The Morgan fingerprint density at radius 1 is 0.941 bits per heavy atom. The Morgan fingerprint density at radius 2 is 1.47 bits per heavy atom. The molecule has 0 atom stereocenters. The lowest BCUT2D eigenvalue weighted by molar-refractivity contribution is 0.849. The summed E-state index contributed by atoms with van der Waals surface area (Å²) in [5.41, 5.74) is 0. The molecule has 0 spiro atoms. The van der Waals surface area contributed by atoms with Gasteiger partial charge in [0.15, 0.2) is 0 Å². The molecule has 2 N–H and O–H groups in total. The van der Waals surface area contributed by atoms with Crippen molar-refractivity contribution in [3.05, 3.63) is 36.4 Å². The fraction of sp³-hybridized carbons (Fsp3) is 0.273. The molecule has 2 heterocycles. The average Bonchev–Trinajstić information content (AvgIpc) is 3.00. The van der Waals surface area contributed by atoms with E-state index in [1.807, 2.05) is 0 Å². The monoisotopic (exact) mass is 230 g/mol. The van der Waals surface area contributed by atoms with Crippen LogP contribution in [-0.4, -0.2) is 45.5 Å². The second-order valence-electron chi connectivity index (χ2n) is 3.37. The van der Waals surface area contributed by atoms with E-state index >= 15 is 0 Å². The molecule has 0 aliphatic heterocycles. The van der Waals surface area contributed by atoms with Gasteiger partial charge in [0.2, 0.25) is 0 Å². The van der Waals surface area contributed by atoms with E-state index in [1.54, 1.807) is 37.2 Å². The summed E-state index contributed by atoms with van der Waals surface area (Å²) < 4.78 is 0. The summed E-state index contributed by atoms with van der Waals surface area (Å²) >= 11 is 0. The van der Waals surface area contributed by atoms with Gasteiger partial charge in [-0.05, 0) is 6.42 Å². The lowest BCUT2D eigenvalue weighted by atomic mass is 10.4. The predicted octanol–water partition coefficient (Wildman–Crippen LogP) is 1.06. The van der Waals surface area contributed by atoms with Crippen LogP contribution < -0.4 is 0 Å². The Morgan fingerprint density at radius 3 is 1.88 bits per heavy atom. The molecule has 0 saturated heterocycles. The molecule has 6 nitrogen and oxygen atoms in total. The number of aliphatic imine (C=N–C) groups is 2. The lowest BCUT2D eigenvalue weighted by Gasteiger charge is -1.90. The number of rotatable bonds is 6. The minimum absolute atomic E-state index is 0.746. The molecular formula is C11H14N6. The normalized spacial score (nSPS) is 11.8. The second-order valence-corrected chi connectivity index (χ2v) is 3.37. The highest BCUT2D eigenvalue weighted by molar-refractivity contribution is 5.74. The van der Waals surface area contributed by atoms with Crippen molar-refractivity contribution < 1.29 is 0 Å². The molecule has 2 aromatic heterocycles. The SMILES string of the molecule is C(=NCCCN=Cc1ncc[nH]1)c1ncc[nH]1. The van der Waals surface area contributed by atoms with Gasteiger partial charge >= 0.3 is 0 Å². The maximum atomic E-state index is 4.23. The molecule has 0 radical (unpaired) electrons. The van der Waals surface area contributed by atoms with Crippen LogP contribution in [0.5, 0.6) is 0 Å². The van der Waals surface area contributed by atoms with E-state index in [9.17, 15) is 0 Å². The first-order chi connectivity index (χ1) is 8.45. The van der Waals surface area contributed by atoms with E-state index in [2.05, 4.69) is 29.9 Å². The molecule has 0 saturated carbocycles. The van der Waals surface area contributed by atoms with Crippen molar-refractivity contribution in [1.82, 2.24) is 19.9 Å². The second kappa shape index (κ2) is 6.37. The molecule has 2 aromatic rings. The molecule has 0 amide bonds. The number of nitrogens with zero attached hydrogens (tertiary/aromatic N) is 4.